The number of nitrogens with one attached hydrogen (secondary N) is 2. The molecule has 2 N–H and O–H groups in total. The lowest BCUT2D eigenvalue weighted by molar-refractivity contribution is -0.120. The molecule has 22 heavy (non-hydrogen) atoms. The van der Waals surface area contributed by atoms with E-state index in [0.717, 1.165) is 16.8 Å². The maximum atomic E-state index is 11.8. The molecule has 2 amide bonds. The summed E-state index contributed by atoms with van der Waals surface area (Å²) in [6, 6.07) is 17.1. The molecular formula is C18H20N2O2. The van der Waals surface area contributed by atoms with Crippen LogP contribution in [0.5, 0.6) is 0 Å². The average Bonchev–Trinajstić information content (AvgIpc) is 2.50. The van der Waals surface area contributed by atoms with Gasteiger partial charge >= 0.3 is 0 Å². The van der Waals surface area contributed by atoms with Crippen LogP contribution in [0.3, 0.4) is 0 Å². The van der Waals surface area contributed by atoms with Gasteiger partial charge in [-0.05, 0) is 24.1 Å². The van der Waals surface area contributed by atoms with Gasteiger partial charge in [-0.2, -0.15) is 0 Å². The fourth-order valence-corrected chi connectivity index (χ4v) is 2.09. The van der Waals surface area contributed by atoms with Crippen molar-refractivity contribution in [1.29, 1.82) is 0 Å². The summed E-state index contributed by atoms with van der Waals surface area (Å²) in [7, 11) is 0. The highest BCUT2D eigenvalue weighted by molar-refractivity contribution is 5.91. The van der Waals surface area contributed by atoms with E-state index in [9.17, 15) is 9.59 Å². The molecule has 2 aromatic carbocycles. The topological polar surface area (TPSA) is 58.2 Å². The maximum absolute atomic E-state index is 11.8. The van der Waals surface area contributed by atoms with E-state index in [2.05, 4.69) is 10.6 Å². The second kappa shape index (κ2) is 7.98. The lowest BCUT2D eigenvalue weighted by atomic mass is 10.1. The van der Waals surface area contributed by atoms with Crippen LogP contribution < -0.4 is 10.6 Å². The van der Waals surface area contributed by atoms with Crippen LogP contribution in [0.2, 0.25) is 0 Å². The zero-order chi connectivity index (χ0) is 15.8. The Morgan fingerprint density at radius 2 is 1.59 bits per heavy atom. The zero-order valence-electron chi connectivity index (χ0n) is 12.6. The summed E-state index contributed by atoms with van der Waals surface area (Å²) >= 11 is 0. The number of anilines is 1. The molecule has 4 nitrogen and oxygen atoms in total. The van der Waals surface area contributed by atoms with E-state index in [4.69, 9.17) is 0 Å². The minimum absolute atomic E-state index is 0.0742. The van der Waals surface area contributed by atoms with Gasteiger partial charge in [0.2, 0.25) is 11.8 Å². The third-order valence-electron chi connectivity index (χ3n) is 3.30. The molecule has 0 saturated carbocycles. The first-order valence-corrected chi connectivity index (χ1v) is 7.31. The molecule has 114 valence electrons. The Labute approximate surface area is 130 Å². The Hall–Kier alpha value is -2.62. The van der Waals surface area contributed by atoms with Crippen molar-refractivity contribution in [2.75, 3.05) is 11.9 Å². The fraction of sp³-hybridized carbons (Fsp3) is 0.222. The summed E-state index contributed by atoms with van der Waals surface area (Å²) in [5.41, 5.74) is 2.79. The smallest absolute Gasteiger partial charge is 0.226 e. The Balaban J connectivity index is 1.71. The molecule has 0 spiro atoms. The molecule has 0 aliphatic carbocycles. The van der Waals surface area contributed by atoms with E-state index in [1.165, 1.54) is 0 Å². The number of hydrogen-bond donors (Lipinski definition) is 2. The quantitative estimate of drug-likeness (QED) is 0.861. The number of amides is 2. The Kier molecular flexibility index (Phi) is 5.72. The molecule has 2 rings (SSSR count). The molecule has 0 saturated heterocycles. The Morgan fingerprint density at radius 1 is 0.909 bits per heavy atom. The van der Waals surface area contributed by atoms with Gasteiger partial charge in [0.25, 0.3) is 0 Å². The first-order valence-electron chi connectivity index (χ1n) is 7.31. The van der Waals surface area contributed by atoms with E-state index in [1.807, 2.05) is 61.5 Å². The van der Waals surface area contributed by atoms with Gasteiger partial charge in [0.1, 0.15) is 0 Å². The third-order valence-corrected chi connectivity index (χ3v) is 3.30. The van der Waals surface area contributed by atoms with Gasteiger partial charge in [-0.15, -0.1) is 0 Å². The molecule has 0 bridgehead atoms. The molecule has 0 aliphatic heterocycles. The number of hydrogen-bond acceptors (Lipinski definition) is 2. The van der Waals surface area contributed by atoms with Gasteiger partial charge in [-0.25, -0.2) is 0 Å². The molecule has 0 heterocycles. The largest absolute Gasteiger partial charge is 0.355 e. The van der Waals surface area contributed by atoms with Gasteiger partial charge in [-0.3, -0.25) is 9.59 Å². The second-order valence-electron chi connectivity index (χ2n) is 5.13. The van der Waals surface area contributed by atoms with Crippen molar-refractivity contribution in [3.05, 3.63) is 65.7 Å². The van der Waals surface area contributed by atoms with E-state index < -0.39 is 0 Å². The van der Waals surface area contributed by atoms with Gasteiger partial charge in [0, 0.05) is 18.7 Å². The molecular weight excluding hydrogens is 276 g/mol. The van der Waals surface area contributed by atoms with Gasteiger partial charge in [0.15, 0.2) is 0 Å². The highest BCUT2D eigenvalue weighted by atomic mass is 16.2. The van der Waals surface area contributed by atoms with Crippen LogP contribution in [0.4, 0.5) is 5.69 Å². The Morgan fingerprint density at radius 3 is 2.32 bits per heavy atom. The molecule has 0 radical (unpaired) electrons. The standard InChI is InChI=1S/C18H20N2O2/c1-14-7-5-6-10-16(14)20-17(21)11-12-19-18(22)13-15-8-3-2-4-9-15/h2-10H,11-13H2,1H3,(H,19,22)(H,20,21). The van der Waals surface area contributed by atoms with Crippen LogP contribution in [-0.2, 0) is 16.0 Å². The third kappa shape index (κ3) is 5.05. The number of rotatable bonds is 6. The lowest BCUT2D eigenvalue weighted by Crippen LogP contribution is -2.28. The molecule has 0 aromatic heterocycles. The molecule has 0 aliphatic rings. The molecule has 2 aromatic rings. The first kappa shape index (κ1) is 15.8. The summed E-state index contributed by atoms with van der Waals surface area (Å²) < 4.78 is 0. The van der Waals surface area contributed by atoms with Crippen LogP contribution in [0.25, 0.3) is 0 Å². The predicted octanol–water partition coefficient (Wildman–Crippen LogP) is 2.68. The van der Waals surface area contributed by atoms with Crippen LogP contribution in [0.1, 0.15) is 17.5 Å². The van der Waals surface area contributed by atoms with Crippen LogP contribution in [-0.4, -0.2) is 18.4 Å². The van der Waals surface area contributed by atoms with Crippen molar-refractivity contribution >= 4 is 17.5 Å². The summed E-state index contributed by atoms with van der Waals surface area (Å²) in [4.78, 5) is 23.6. The van der Waals surface area contributed by atoms with Crippen molar-refractivity contribution < 1.29 is 9.59 Å². The predicted molar refractivity (Wildman–Crippen MR) is 87.6 cm³/mol. The normalized spacial score (nSPS) is 10.0. The monoisotopic (exact) mass is 296 g/mol. The highest BCUT2D eigenvalue weighted by Crippen LogP contribution is 2.13. The highest BCUT2D eigenvalue weighted by Gasteiger charge is 2.06. The Bertz CT molecular complexity index is 639. The second-order valence-corrected chi connectivity index (χ2v) is 5.13. The van der Waals surface area contributed by atoms with Crippen molar-refractivity contribution in [1.82, 2.24) is 5.32 Å². The van der Waals surface area contributed by atoms with Gasteiger partial charge < -0.3 is 10.6 Å². The summed E-state index contributed by atoms with van der Waals surface area (Å²) in [5, 5.41) is 5.61. The molecule has 4 heteroatoms. The maximum Gasteiger partial charge on any atom is 0.226 e. The van der Waals surface area contributed by atoms with E-state index in [1.54, 1.807) is 0 Å². The number of aryl methyl sites for hydroxylation is 1. The summed E-state index contributed by atoms with van der Waals surface area (Å²) in [6.45, 7) is 2.28. The average molecular weight is 296 g/mol. The van der Waals surface area contributed by atoms with E-state index in [-0.39, 0.29) is 18.2 Å². The number of para-hydroxylation sites is 1. The van der Waals surface area contributed by atoms with Crippen LogP contribution in [0.15, 0.2) is 54.6 Å². The first-order chi connectivity index (χ1) is 10.6. The summed E-state index contributed by atoms with van der Waals surface area (Å²) in [5.74, 6) is -0.177. The molecule has 0 fully saturated rings. The fourth-order valence-electron chi connectivity index (χ4n) is 2.09. The van der Waals surface area contributed by atoms with Crippen molar-refractivity contribution in [3.63, 3.8) is 0 Å². The lowest BCUT2D eigenvalue weighted by Gasteiger charge is -2.09. The van der Waals surface area contributed by atoms with Crippen LogP contribution in [0, 0.1) is 6.92 Å². The van der Waals surface area contributed by atoms with E-state index in [0.29, 0.717) is 13.0 Å². The van der Waals surface area contributed by atoms with Crippen molar-refractivity contribution in [3.8, 4) is 0 Å². The minimum atomic E-state index is -0.102. The van der Waals surface area contributed by atoms with Gasteiger partial charge in [-0.1, -0.05) is 48.5 Å². The van der Waals surface area contributed by atoms with Gasteiger partial charge in [0.05, 0.1) is 6.42 Å². The number of carbonyl (C=O) groups is 2. The minimum Gasteiger partial charge on any atom is -0.355 e. The van der Waals surface area contributed by atoms with Crippen LogP contribution >= 0.6 is 0 Å². The molecule has 0 atom stereocenters. The van der Waals surface area contributed by atoms with Crippen molar-refractivity contribution in [2.24, 2.45) is 0 Å². The number of benzene rings is 2. The number of carbonyl (C=O) groups excluding carboxylic acids is 2. The zero-order valence-corrected chi connectivity index (χ0v) is 12.6. The summed E-state index contributed by atoms with van der Waals surface area (Å²) in [6.07, 6.45) is 0.592. The van der Waals surface area contributed by atoms with Crippen molar-refractivity contribution in [2.45, 2.75) is 19.8 Å². The van der Waals surface area contributed by atoms with E-state index >= 15 is 0 Å². The molecule has 0 unspecified atom stereocenters. The SMILES string of the molecule is Cc1ccccc1NC(=O)CCNC(=O)Cc1ccccc1.